The first-order valence-electron chi connectivity index (χ1n) is 7.99. The van der Waals surface area contributed by atoms with Crippen LogP contribution < -0.4 is 5.32 Å². The molecule has 0 aliphatic rings. The second-order valence-corrected chi connectivity index (χ2v) is 8.94. The van der Waals surface area contributed by atoms with Crippen LogP contribution in [0.4, 0.5) is 16.2 Å². The van der Waals surface area contributed by atoms with Gasteiger partial charge < -0.3 is 10.1 Å². The highest BCUT2D eigenvalue weighted by molar-refractivity contribution is 7.92. The van der Waals surface area contributed by atoms with Crippen molar-refractivity contribution in [1.82, 2.24) is 5.32 Å². The number of benzene rings is 1. The molecule has 150 valence electrons. The molecule has 1 aromatic rings. The molecular weight excluding hydrogens is 380 g/mol. The SMILES string of the molecule is CC(C)(C)OC(=O)NCCCCS(=N)(=O)c1cc([N+](=O)[O-])cc([N+](=O)[O-])c1. The Morgan fingerprint density at radius 3 is 2.11 bits per heavy atom. The molecule has 0 aliphatic carbocycles. The van der Waals surface area contributed by atoms with E-state index in [0.29, 0.717) is 6.42 Å². The van der Waals surface area contributed by atoms with Gasteiger partial charge in [0.25, 0.3) is 11.4 Å². The number of hydrogen-bond donors (Lipinski definition) is 2. The molecule has 1 atom stereocenters. The van der Waals surface area contributed by atoms with E-state index in [1.807, 2.05) is 0 Å². The van der Waals surface area contributed by atoms with Crippen molar-refractivity contribution in [2.75, 3.05) is 12.3 Å². The van der Waals surface area contributed by atoms with Crippen LogP contribution in [0.2, 0.25) is 0 Å². The number of carbonyl (C=O) groups is 1. The molecule has 0 radical (unpaired) electrons. The predicted molar refractivity (Wildman–Crippen MR) is 97.2 cm³/mol. The molecule has 27 heavy (non-hydrogen) atoms. The van der Waals surface area contributed by atoms with E-state index in [4.69, 9.17) is 9.52 Å². The molecule has 1 amide bonds. The summed E-state index contributed by atoms with van der Waals surface area (Å²) in [5.41, 5.74) is -1.81. The number of ether oxygens (including phenoxy) is 1. The Hall–Kier alpha value is -2.76. The molecule has 0 aliphatic heterocycles. The van der Waals surface area contributed by atoms with Crippen LogP contribution in [-0.2, 0) is 14.5 Å². The number of nitro benzene ring substituents is 2. The van der Waals surface area contributed by atoms with Gasteiger partial charge in [0.2, 0.25) is 0 Å². The average Bonchev–Trinajstić information content (AvgIpc) is 2.52. The lowest BCUT2D eigenvalue weighted by atomic mass is 10.2. The normalized spacial score (nSPS) is 13.4. The van der Waals surface area contributed by atoms with E-state index in [0.717, 1.165) is 18.2 Å². The fraction of sp³-hybridized carbons (Fsp3) is 0.533. The van der Waals surface area contributed by atoms with Gasteiger partial charge in [-0.1, -0.05) is 0 Å². The first kappa shape index (κ1) is 22.3. The number of amides is 1. The zero-order valence-corrected chi connectivity index (χ0v) is 16.0. The molecular formula is C15H22N4O7S. The van der Waals surface area contributed by atoms with Gasteiger partial charge in [0.15, 0.2) is 0 Å². The highest BCUT2D eigenvalue weighted by Gasteiger charge is 2.21. The summed E-state index contributed by atoms with van der Waals surface area (Å²) in [5, 5.41) is 24.3. The molecule has 1 aromatic carbocycles. The maximum Gasteiger partial charge on any atom is 0.407 e. The fourth-order valence-electron chi connectivity index (χ4n) is 2.02. The van der Waals surface area contributed by atoms with Gasteiger partial charge in [-0.15, -0.1) is 0 Å². The van der Waals surface area contributed by atoms with Gasteiger partial charge >= 0.3 is 6.09 Å². The van der Waals surface area contributed by atoms with Crippen LogP contribution >= 0.6 is 0 Å². The minimum Gasteiger partial charge on any atom is -0.444 e. The summed E-state index contributed by atoms with van der Waals surface area (Å²) in [6, 6.07) is 2.59. The van der Waals surface area contributed by atoms with Crippen molar-refractivity contribution in [2.45, 2.75) is 44.1 Å². The Balaban J connectivity index is 2.69. The lowest BCUT2D eigenvalue weighted by Crippen LogP contribution is -2.33. The van der Waals surface area contributed by atoms with Gasteiger partial charge in [-0.25, -0.2) is 13.8 Å². The number of hydrogen-bond acceptors (Lipinski definition) is 8. The summed E-state index contributed by atoms with van der Waals surface area (Å²) in [6.07, 6.45) is 0.0734. The Labute approximate surface area is 156 Å². The van der Waals surface area contributed by atoms with Crippen LogP contribution in [0.3, 0.4) is 0 Å². The summed E-state index contributed by atoms with van der Waals surface area (Å²) in [7, 11) is -3.45. The smallest absolute Gasteiger partial charge is 0.407 e. The zero-order valence-electron chi connectivity index (χ0n) is 15.2. The maximum atomic E-state index is 12.5. The van der Waals surface area contributed by atoms with Gasteiger partial charge in [-0.05, 0) is 33.6 Å². The number of nitro groups is 2. The molecule has 0 spiro atoms. The van der Waals surface area contributed by atoms with Crippen LogP contribution in [0.1, 0.15) is 33.6 Å². The van der Waals surface area contributed by atoms with Gasteiger partial charge in [0, 0.05) is 24.4 Å². The number of unbranched alkanes of at least 4 members (excludes halogenated alkanes) is 1. The van der Waals surface area contributed by atoms with Crippen LogP contribution in [0.5, 0.6) is 0 Å². The summed E-state index contributed by atoms with van der Waals surface area (Å²) >= 11 is 0. The van der Waals surface area contributed by atoms with E-state index < -0.39 is 42.6 Å². The first-order valence-corrected chi connectivity index (χ1v) is 9.72. The molecule has 1 rings (SSSR count). The molecule has 0 saturated heterocycles. The third kappa shape index (κ3) is 7.56. The number of rotatable bonds is 8. The van der Waals surface area contributed by atoms with Gasteiger partial charge in [-0.2, -0.15) is 0 Å². The van der Waals surface area contributed by atoms with Crippen LogP contribution in [-0.4, -0.2) is 38.0 Å². The standard InChI is InChI=1S/C15H22N4O7S/c1-15(2,3)26-14(20)17-6-4-5-7-27(16,25)13-9-11(18(21)22)8-12(10-13)19(23)24/h8-10,16H,4-7H2,1-3H3,(H,17,20). The predicted octanol–water partition coefficient (Wildman–Crippen LogP) is 3.21. The van der Waals surface area contributed by atoms with E-state index in [9.17, 15) is 29.2 Å². The van der Waals surface area contributed by atoms with E-state index in [-0.39, 0.29) is 23.6 Å². The number of non-ortho nitro benzene ring substituents is 2. The van der Waals surface area contributed by atoms with Gasteiger partial charge in [0.05, 0.1) is 30.5 Å². The number of carbonyl (C=O) groups excluding carboxylic acids is 1. The van der Waals surface area contributed by atoms with Crippen molar-refractivity contribution in [3.63, 3.8) is 0 Å². The number of nitrogens with zero attached hydrogens (tertiary/aromatic N) is 2. The number of nitrogens with one attached hydrogen (secondary N) is 2. The Morgan fingerprint density at radius 2 is 1.67 bits per heavy atom. The summed E-state index contributed by atoms with van der Waals surface area (Å²) < 4.78 is 25.5. The second-order valence-electron chi connectivity index (χ2n) is 6.71. The first-order chi connectivity index (χ1) is 12.3. The third-order valence-corrected chi connectivity index (χ3v) is 5.07. The van der Waals surface area contributed by atoms with Crippen molar-refractivity contribution < 1.29 is 23.6 Å². The maximum absolute atomic E-state index is 12.5. The van der Waals surface area contributed by atoms with E-state index >= 15 is 0 Å². The minimum atomic E-state index is -3.45. The van der Waals surface area contributed by atoms with E-state index in [1.54, 1.807) is 20.8 Å². The summed E-state index contributed by atoms with van der Waals surface area (Å²) in [6.45, 7) is 5.40. The van der Waals surface area contributed by atoms with Crippen LogP contribution in [0.15, 0.2) is 23.1 Å². The molecule has 0 aromatic heterocycles. The van der Waals surface area contributed by atoms with Crippen LogP contribution in [0, 0.1) is 25.0 Å². The lowest BCUT2D eigenvalue weighted by molar-refractivity contribution is -0.394. The highest BCUT2D eigenvalue weighted by Crippen LogP contribution is 2.26. The molecule has 0 bridgehead atoms. The van der Waals surface area contributed by atoms with Gasteiger partial charge in [0.1, 0.15) is 5.60 Å². The van der Waals surface area contributed by atoms with E-state index in [1.165, 1.54) is 0 Å². The fourth-order valence-corrected chi connectivity index (χ4v) is 3.49. The Bertz CT molecular complexity index is 799. The van der Waals surface area contributed by atoms with Crippen LogP contribution in [0.25, 0.3) is 0 Å². The second kappa shape index (κ2) is 8.75. The third-order valence-electron chi connectivity index (χ3n) is 3.21. The quantitative estimate of drug-likeness (QED) is 0.382. The molecule has 2 N–H and O–H groups in total. The highest BCUT2D eigenvalue weighted by atomic mass is 32.2. The average molecular weight is 402 g/mol. The zero-order chi connectivity index (χ0) is 20.8. The Morgan fingerprint density at radius 1 is 1.15 bits per heavy atom. The lowest BCUT2D eigenvalue weighted by Gasteiger charge is -2.19. The Kier molecular flexibility index (Phi) is 7.22. The summed E-state index contributed by atoms with van der Waals surface area (Å²) in [4.78, 5) is 31.3. The van der Waals surface area contributed by atoms with Crippen molar-refractivity contribution in [1.29, 1.82) is 4.78 Å². The summed E-state index contributed by atoms with van der Waals surface area (Å²) in [5.74, 6) is -0.151. The van der Waals surface area contributed by atoms with Crippen molar-refractivity contribution in [2.24, 2.45) is 0 Å². The molecule has 1 unspecified atom stereocenters. The topological polar surface area (TPSA) is 166 Å². The monoisotopic (exact) mass is 402 g/mol. The van der Waals surface area contributed by atoms with Crippen molar-refractivity contribution in [3.8, 4) is 0 Å². The molecule has 0 saturated carbocycles. The van der Waals surface area contributed by atoms with E-state index in [2.05, 4.69) is 5.32 Å². The molecule has 0 heterocycles. The van der Waals surface area contributed by atoms with Crippen molar-refractivity contribution in [3.05, 3.63) is 38.4 Å². The minimum absolute atomic E-state index is 0.151. The molecule has 0 fully saturated rings. The molecule has 12 heteroatoms. The molecule has 11 nitrogen and oxygen atoms in total. The number of alkyl carbamates (subject to hydrolysis) is 1. The largest absolute Gasteiger partial charge is 0.444 e. The van der Waals surface area contributed by atoms with Crippen molar-refractivity contribution >= 4 is 27.2 Å². The van der Waals surface area contributed by atoms with Gasteiger partial charge in [-0.3, -0.25) is 20.2 Å².